The molecule has 0 saturated carbocycles. The van der Waals surface area contributed by atoms with Crippen LogP contribution in [0.1, 0.15) is 11.1 Å². The standard InChI is InChI=1S/C25H23N5O3/c1-28-15-22(12-26-28)21-10-23(32-2)24-20(11-27-30(24)16-21)9-8-19-13-29(14-19)25(31)33-17-18-6-4-3-5-7-18/h3-7,10-12,15-16,19H,13-14,17H2,1-2H3. The number of hydrogen-bond donors (Lipinski definition) is 0. The van der Waals surface area contributed by atoms with Crippen LogP contribution in [0, 0.1) is 17.8 Å². The zero-order valence-electron chi connectivity index (χ0n) is 18.4. The fraction of sp³-hybridized carbons (Fsp3) is 0.240. The molecule has 1 aliphatic rings. The highest BCUT2D eigenvalue weighted by Crippen LogP contribution is 2.29. The van der Waals surface area contributed by atoms with E-state index in [0.29, 0.717) is 18.8 Å². The topological polar surface area (TPSA) is 73.9 Å². The summed E-state index contributed by atoms with van der Waals surface area (Å²) < 4.78 is 14.5. The molecule has 0 atom stereocenters. The predicted molar refractivity (Wildman–Crippen MR) is 123 cm³/mol. The number of carbonyl (C=O) groups excluding carboxylic acids is 1. The zero-order valence-corrected chi connectivity index (χ0v) is 18.4. The van der Waals surface area contributed by atoms with E-state index >= 15 is 0 Å². The number of nitrogens with zero attached hydrogens (tertiary/aromatic N) is 5. The number of pyridine rings is 1. The third-order valence-corrected chi connectivity index (χ3v) is 5.59. The van der Waals surface area contributed by atoms with Crippen molar-refractivity contribution in [1.82, 2.24) is 24.3 Å². The van der Waals surface area contributed by atoms with E-state index < -0.39 is 0 Å². The molecule has 0 unspecified atom stereocenters. The lowest BCUT2D eigenvalue weighted by atomic mass is 10.0. The van der Waals surface area contributed by atoms with Crippen LogP contribution in [-0.2, 0) is 18.4 Å². The Morgan fingerprint density at radius 1 is 1.12 bits per heavy atom. The van der Waals surface area contributed by atoms with Crippen molar-refractivity contribution in [2.24, 2.45) is 13.0 Å². The third-order valence-electron chi connectivity index (χ3n) is 5.59. The van der Waals surface area contributed by atoms with Gasteiger partial charge in [0.2, 0.25) is 0 Å². The van der Waals surface area contributed by atoms with Gasteiger partial charge in [0.25, 0.3) is 0 Å². The predicted octanol–water partition coefficient (Wildman–Crippen LogP) is 3.36. The quantitative estimate of drug-likeness (QED) is 0.454. The summed E-state index contributed by atoms with van der Waals surface area (Å²) in [5.74, 6) is 7.26. The van der Waals surface area contributed by atoms with Crippen molar-refractivity contribution in [2.75, 3.05) is 20.2 Å². The van der Waals surface area contributed by atoms with Crippen molar-refractivity contribution in [3.63, 3.8) is 0 Å². The van der Waals surface area contributed by atoms with E-state index in [2.05, 4.69) is 22.0 Å². The summed E-state index contributed by atoms with van der Waals surface area (Å²) in [6.07, 6.45) is 7.12. The Morgan fingerprint density at radius 3 is 2.67 bits per heavy atom. The molecule has 0 radical (unpaired) electrons. The van der Waals surface area contributed by atoms with Gasteiger partial charge in [-0.05, 0) is 11.6 Å². The van der Waals surface area contributed by atoms with Crippen molar-refractivity contribution in [1.29, 1.82) is 0 Å². The monoisotopic (exact) mass is 441 g/mol. The number of hydrogen-bond acceptors (Lipinski definition) is 5. The van der Waals surface area contributed by atoms with Gasteiger partial charge in [-0.15, -0.1) is 0 Å². The second-order valence-electron chi connectivity index (χ2n) is 7.96. The number of carbonyl (C=O) groups is 1. The first-order valence-electron chi connectivity index (χ1n) is 10.6. The Hall–Kier alpha value is -4.25. The van der Waals surface area contributed by atoms with Crippen LogP contribution in [0.5, 0.6) is 5.75 Å². The Kier molecular flexibility index (Phi) is 5.45. The van der Waals surface area contributed by atoms with E-state index in [-0.39, 0.29) is 18.6 Å². The molecule has 0 aliphatic carbocycles. The highest BCUT2D eigenvalue weighted by molar-refractivity contribution is 5.75. The number of aromatic nitrogens is 4. The van der Waals surface area contributed by atoms with E-state index in [1.807, 2.05) is 55.8 Å². The molecule has 0 N–H and O–H groups in total. The van der Waals surface area contributed by atoms with Crippen molar-refractivity contribution in [3.05, 3.63) is 72.3 Å². The summed E-state index contributed by atoms with van der Waals surface area (Å²) in [5.41, 5.74) is 4.51. The first-order chi connectivity index (χ1) is 16.1. The van der Waals surface area contributed by atoms with Crippen LogP contribution in [0.3, 0.4) is 0 Å². The molecule has 0 spiro atoms. The SMILES string of the molecule is COc1cc(-c2cnn(C)c2)cn2ncc(C#CC3CN(C(=O)OCc4ccccc4)C3)c12. The lowest BCUT2D eigenvalue weighted by Crippen LogP contribution is -2.49. The van der Waals surface area contributed by atoms with Gasteiger partial charge in [0.1, 0.15) is 17.9 Å². The highest BCUT2D eigenvalue weighted by Gasteiger charge is 2.30. The highest BCUT2D eigenvalue weighted by atomic mass is 16.6. The Labute approximate surface area is 191 Å². The van der Waals surface area contributed by atoms with Crippen LogP contribution in [-0.4, -0.2) is 50.6 Å². The fourth-order valence-corrected chi connectivity index (χ4v) is 3.77. The average Bonchev–Trinajstić information content (AvgIpc) is 3.43. The van der Waals surface area contributed by atoms with E-state index in [9.17, 15) is 4.79 Å². The van der Waals surface area contributed by atoms with Gasteiger partial charge in [0, 0.05) is 43.7 Å². The minimum absolute atomic E-state index is 0.102. The second-order valence-corrected chi connectivity index (χ2v) is 7.96. The molecule has 8 heteroatoms. The summed E-state index contributed by atoms with van der Waals surface area (Å²) >= 11 is 0. The number of ether oxygens (including phenoxy) is 2. The molecular weight excluding hydrogens is 418 g/mol. The number of fused-ring (bicyclic) bond motifs is 1. The Morgan fingerprint density at radius 2 is 1.94 bits per heavy atom. The van der Waals surface area contributed by atoms with E-state index in [1.165, 1.54) is 0 Å². The summed E-state index contributed by atoms with van der Waals surface area (Å²) in [6.45, 7) is 1.39. The van der Waals surface area contributed by atoms with Crippen molar-refractivity contribution in [3.8, 4) is 28.7 Å². The Balaban J connectivity index is 1.25. The van der Waals surface area contributed by atoms with E-state index in [1.54, 1.807) is 33.6 Å². The molecular formula is C25H23N5O3. The smallest absolute Gasteiger partial charge is 0.410 e. The molecule has 1 aromatic carbocycles. The maximum atomic E-state index is 12.2. The van der Waals surface area contributed by atoms with Crippen molar-refractivity contribution < 1.29 is 14.3 Å². The molecule has 4 aromatic rings. The summed E-state index contributed by atoms with van der Waals surface area (Å²) in [6, 6.07) is 11.6. The van der Waals surface area contributed by atoms with Gasteiger partial charge in [-0.25, -0.2) is 9.31 Å². The first kappa shape index (κ1) is 20.6. The molecule has 1 aliphatic heterocycles. The van der Waals surface area contributed by atoms with Crippen LogP contribution in [0.15, 0.2) is 61.2 Å². The molecule has 0 bridgehead atoms. The average molecular weight is 441 g/mol. The lowest BCUT2D eigenvalue weighted by Gasteiger charge is -2.35. The molecule has 1 fully saturated rings. The van der Waals surface area contributed by atoms with Gasteiger partial charge < -0.3 is 14.4 Å². The number of rotatable bonds is 4. The Bertz CT molecular complexity index is 1360. The summed E-state index contributed by atoms with van der Waals surface area (Å²) in [4.78, 5) is 13.9. The molecule has 1 amide bonds. The summed E-state index contributed by atoms with van der Waals surface area (Å²) in [7, 11) is 3.52. The van der Waals surface area contributed by atoms with Crippen LogP contribution in [0.2, 0.25) is 0 Å². The van der Waals surface area contributed by atoms with E-state index in [4.69, 9.17) is 9.47 Å². The fourth-order valence-electron chi connectivity index (χ4n) is 3.77. The normalized spacial score (nSPS) is 13.3. The molecule has 4 heterocycles. The van der Waals surface area contributed by atoms with Gasteiger partial charge in [-0.2, -0.15) is 10.2 Å². The number of methoxy groups -OCH3 is 1. The number of amides is 1. The summed E-state index contributed by atoms with van der Waals surface area (Å²) in [5, 5.41) is 8.69. The largest absolute Gasteiger partial charge is 0.494 e. The molecule has 3 aromatic heterocycles. The van der Waals surface area contributed by atoms with Gasteiger partial charge in [0.05, 0.1) is 31.0 Å². The number of aryl methyl sites for hydroxylation is 1. The zero-order chi connectivity index (χ0) is 22.8. The van der Waals surface area contributed by atoms with Gasteiger partial charge in [-0.3, -0.25) is 4.68 Å². The van der Waals surface area contributed by atoms with Crippen molar-refractivity contribution in [2.45, 2.75) is 6.61 Å². The van der Waals surface area contributed by atoms with Crippen molar-refractivity contribution >= 4 is 11.6 Å². The minimum atomic E-state index is -0.308. The van der Waals surface area contributed by atoms with Gasteiger partial charge in [0.15, 0.2) is 0 Å². The molecule has 1 saturated heterocycles. The molecule has 33 heavy (non-hydrogen) atoms. The van der Waals surface area contributed by atoms with E-state index in [0.717, 1.165) is 27.8 Å². The molecule has 8 nitrogen and oxygen atoms in total. The van der Waals surface area contributed by atoms with Crippen LogP contribution in [0.25, 0.3) is 16.6 Å². The van der Waals surface area contributed by atoms with Gasteiger partial charge >= 0.3 is 6.09 Å². The molecule has 166 valence electrons. The van der Waals surface area contributed by atoms with Gasteiger partial charge in [-0.1, -0.05) is 42.2 Å². The number of likely N-dealkylation sites (tertiary alicyclic amines) is 1. The third kappa shape index (κ3) is 4.26. The maximum absolute atomic E-state index is 12.2. The maximum Gasteiger partial charge on any atom is 0.410 e. The van der Waals surface area contributed by atoms with Crippen LogP contribution < -0.4 is 4.74 Å². The first-order valence-corrected chi connectivity index (χ1v) is 10.6. The number of benzene rings is 1. The second kappa shape index (κ2) is 8.71. The van der Waals surface area contributed by atoms with Crippen LogP contribution in [0.4, 0.5) is 4.79 Å². The van der Waals surface area contributed by atoms with Crippen LogP contribution >= 0.6 is 0 Å². The minimum Gasteiger partial charge on any atom is -0.494 e. The molecule has 5 rings (SSSR count). The lowest BCUT2D eigenvalue weighted by molar-refractivity contribution is 0.0624.